The first-order chi connectivity index (χ1) is 8.09. The van der Waals surface area contributed by atoms with Crippen molar-refractivity contribution < 1.29 is 4.21 Å². The molecule has 0 saturated heterocycles. The highest BCUT2D eigenvalue weighted by molar-refractivity contribution is 7.85. The molecule has 0 radical (unpaired) electrons. The van der Waals surface area contributed by atoms with Crippen LogP contribution in [0.4, 0.5) is 5.69 Å². The Balaban J connectivity index is 2.17. The molecule has 1 aliphatic rings. The van der Waals surface area contributed by atoms with Crippen LogP contribution >= 0.6 is 0 Å². The molecule has 2 rings (SSSR count). The molecule has 94 valence electrons. The van der Waals surface area contributed by atoms with Gasteiger partial charge in [0.25, 0.3) is 0 Å². The van der Waals surface area contributed by atoms with E-state index in [9.17, 15) is 4.21 Å². The van der Waals surface area contributed by atoms with E-state index < -0.39 is 10.8 Å². The summed E-state index contributed by atoms with van der Waals surface area (Å²) in [6.07, 6.45) is 4.53. The molecule has 2 nitrogen and oxygen atoms in total. The van der Waals surface area contributed by atoms with Crippen molar-refractivity contribution in [1.82, 2.24) is 0 Å². The molecule has 0 aliphatic heterocycles. The zero-order valence-corrected chi connectivity index (χ0v) is 11.4. The molecular formula is C14H21NOS. The second kappa shape index (κ2) is 5.21. The number of hydrogen-bond acceptors (Lipinski definition) is 2. The average Bonchev–Trinajstić information content (AvgIpc) is 2.33. The van der Waals surface area contributed by atoms with Gasteiger partial charge in [0, 0.05) is 5.25 Å². The van der Waals surface area contributed by atoms with Gasteiger partial charge in [0.05, 0.1) is 21.4 Å². The molecule has 3 heteroatoms. The number of para-hydroxylation sites is 1. The van der Waals surface area contributed by atoms with Gasteiger partial charge in [-0.3, -0.25) is 4.21 Å². The maximum Gasteiger partial charge on any atom is 0.0622 e. The van der Waals surface area contributed by atoms with E-state index in [1.807, 2.05) is 25.1 Å². The van der Waals surface area contributed by atoms with Crippen LogP contribution in [-0.4, -0.2) is 9.46 Å². The Morgan fingerprint density at radius 3 is 2.53 bits per heavy atom. The molecule has 1 fully saturated rings. The van der Waals surface area contributed by atoms with E-state index in [0.717, 1.165) is 29.2 Å². The van der Waals surface area contributed by atoms with E-state index in [0.29, 0.717) is 10.9 Å². The summed E-state index contributed by atoms with van der Waals surface area (Å²) in [5.74, 6) is 0.790. The van der Waals surface area contributed by atoms with Gasteiger partial charge >= 0.3 is 0 Å². The molecule has 0 aromatic heterocycles. The average molecular weight is 251 g/mol. The number of hydrogen-bond donors (Lipinski definition) is 1. The van der Waals surface area contributed by atoms with Crippen molar-refractivity contribution >= 4 is 16.5 Å². The molecule has 0 heterocycles. The highest BCUT2D eigenvalue weighted by Crippen LogP contribution is 2.31. The first kappa shape index (κ1) is 12.6. The monoisotopic (exact) mass is 251 g/mol. The smallest absolute Gasteiger partial charge is 0.0622 e. The minimum atomic E-state index is -0.932. The van der Waals surface area contributed by atoms with Crippen molar-refractivity contribution in [2.45, 2.75) is 49.7 Å². The Morgan fingerprint density at radius 2 is 1.88 bits per heavy atom. The van der Waals surface area contributed by atoms with Crippen molar-refractivity contribution in [3.05, 3.63) is 23.8 Å². The number of nitrogens with two attached hydrogens (primary N) is 1. The quantitative estimate of drug-likeness (QED) is 0.820. The highest BCUT2D eigenvalue weighted by Gasteiger charge is 2.25. The lowest BCUT2D eigenvalue weighted by Crippen LogP contribution is -2.22. The van der Waals surface area contributed by atoms with Crippen LogP contribution in [0.2, 0.25) is 0 Å². The molecule has 0 spiro atoms. The van der Waals surface area contributed by atoms with Gasteiger partial charge in [0.1, 0.15) is 0 Å². The largest absolute Gasteiger partial charge is 0.398 e. The molecule has 0 amide bonds. The molecule has 0 bridgehead atoms. The second-order valence-electron chi connectivity index (χ2n) is 5.17. The van der Waals surface area contributed by atoms with Gasteiger partial charge in [-0.2, -0.15) is 0 Å². The molecule has 1 aromatic rings. The van der Waals surface area contributed by atoms with Gasteiger partial charge in [-0.05, 0) is 50.2 Å². The van der Waals surface area contributed by atoms with Crippen LogP contribution in [0, 0.1) is 12.8 Å². The molecule has 1 aromatic carbocycles. The third kappa shape index (κ3) is 2.71. The first-order valence-corrected chi connectivity index (χ1v) is 7.56. The summed E-state index contributed by atoms with van der Waals surface area (Å²) in [5, 5.41) is 0.301. The van der Waals surface area contributed by atoms with Gasteiger partial charge in [-0.1, -0.05) is 19.1 Å². The van der Waals surface area contributed by atoms with Crippen molar-refractivity contribution in [3.8, 4) is 0 Å². The molecule has 17 heavy (non-hydrogen) atoms. The topological polar surface area (TPSA) is 43.1 Å². The third-order valence-electron chi connectivity index (χ3n) is 3.77. The maximum absolute atomic E-state index is 12.5. The second-order valence-corrected chi connectivity index (χ2v) is 6.87. The number of aryl methyl sites for hydroxylation is 1. The van der Waals surface area contributed by atoms with Crippen LogP contribution < -0.4 is 5.73 Å². The zero-order valence-electron chi connectivity index (χ0n) is 10.6. The Kier molecular flexibility index (Phi) is 3.87. The minimum absolute atomic E-state index is 0.301. The maximum atomic E-state index is 12.5. The third-order valence-corrected chi connectivity index (χ3v) is 5.63. The molecule has 2 N–H and O–H groups in total. The summed E-state index contributed by atoms with van der Waals surface area (Å²) in [6.45, 7) is 4.25. The molecule has 1 aliphatic carbocycles. The predicted molar refractivity (Wildman–Crippen MR) is 73.4 cm³/mol. The molecule has 1 atom stereocenters. The molecule has 1 saturated carbocycles. The van der Waals surface area contributed by atoms with Crippen molar-refractivity contribution in [2.75, 3.05) is 5.73 Å². The number of benzene rings is 1. The number of nitrogen functional groups attached to an aromatic ring is 1. The SMILES string of the molecule is Cc1cccc(S(=O)C2CCC(C)CC2)c1N. The van der Waals surface area contributed by atoms with Crippen LogP contribution in [0.25, 0.3) is 0 Å². The van der Waals surface area contributed by atoms with E-state index >= 15 is 0 Å². The summed E-state index contributed by atoms with van der Waals surface area (Å²) in [4.78, 5) is 0.838. The minimum Gasteiger partial charge on any atom is -0.398 e. The van der Waals surface area contributed by atoms with E-state index in [2.05, 4.69) is 6.92 Å². The fourth-order valence-electron chi connectivity index (χ4n) is 2.45. The standard InChI is InChI=1S/C14H21NOS/c1-10-6-8-12(9-7-10)17(16)13-5-3-4-11(2)14(13)15/h3-5,10,12H,6-9,15H2,1-2H3. The normalized spacial score (nSPS) is 26.7. The van der Waals surface area contributed by atoms with Crippen molar-refractivity contribution in [3.63, 3.8) is 0 Å². The zero-order chi connectivity index (χ0) is 12.4. The van der Waals surface area contributed by atoms with Crippen LogP contribution in [-0.2, 0) is 10.8 Å². The Hall–Kier alpha value is -0.830. The Labute approximate surface area is 106 Å². The first-order valence-electron chi connectivity index (χ1n) is 6.35. The summed E-state index contributed by atoms with van der Waals surface area (Å²) in [6, 6.07) is 5.83. The van der Waals surface area contributed by atoms with Gasteiger partial charge in [0.2, 0.25) is 0 Å². The lowest BCUT2D eigenvalue weighted by Gasteiger charge is -2.26. The number of anilines is 1. The summed E-state index contributed by atoms with van der Waals surface area (Å²) in [7, 11) is -0.932. The molecule has 1 unspecified atom stereocenters. The predicted octanol–water partition coefficient (Wildman–Crippen LogP) is 3.26. The number of rotatable bonds is 2. The summed E-state index contributed by atoms with van der Waals surface area (Å²) < 4.78 is 12.5. The van der Waals surface area contributed by atoms with E-state index in [1.54, 1.807) is 0 Å². The van der Waals surface area contributed by atoms with E-state index in [1.165, 1.54) is 12.8 Å². The lowest BCUT2D eigenvalue weighted by molar-refractivity contribution is 0.389. The highest BCUT2D eigenvalue weighted by atomic mass is 32.2. The van der Waals surface area contributed by atoms with Crippen LogP contribution in [0.5, 0.6) is 0 Å². The van der Waals surface area contributed by atoms with Crippen LogP contribution in [0.15, 0.2) is 23.1 Å². The van der Waals surface area contributed by atoms with Crippen molar-refractivity contribution in [2.24, 2.45) is 5.92 Å². The van der Waals surface area contributed by atoms with Gasteiger partial charge in [-0.25, -0.2) is 0 Å². The van der Waals surface area contributed by atoms with E-state index in [4.69, 9.17) is 5.73 Å². The van der Waals surface area contributed by atoms with Crippen molar-refractivity contribution in [1.29, 1.82) is 0 Å². The Bertz CT molecular complexity index is 422. The molecular weight excluding hydrogens is 230 g/mol. The van der Waals surface area contributed by atoms with E-state index in [-0.39, 0.29) is 0 Å². The van der Waals surface area contributed by atoms with Gasteiger partial charge < -0.3 is 5.73 Å². The summed E-state index contributed by atoms with van der Waals surface area (Å²) in [5.41, 5.74) is 7.76. The van der Waals surface area contributed by atoms with Crippen LogP contribution in [0.3, 0.4) is 0 Å². The van der Waals surface area contributed by atoms with Crippen LogP contribution in [0.1, 0.15) is 38.2 Å². The van der Waals surface area contributed by atoms with Gasteiger partial charge in [-0.15, -0.1) is 0 Å². The summed E-state index contributed by atoms with van der Waals surface area (Å²) >= 11 is 0. The Morgan fingerprint density at radius 1 is 1.24 bits per heavy atom. The lowest BCUT2D eigenvalue weighted by atomic mass is 9.91. The van der Waals surface area contributed by atoms with Gasteiger partial charge in [0.15, 0.2) is 0 Å². The fourth-order valence-corrected chi connectivity index (χ4v) is 4.10. The fraction of sp³-hybridized carbons (Fsp3) is 0.571.